The highest BCUT2D eigenvalue weighted by Gasteiger charge is 2.22. The van der Waals surface area contributed by atoms with E-state index in [1.807, 2.05) is 0 Å². The lowest BCUT2D eigenvalue weighted by atomic mass is 10.1. The third-order valence-corrected chi connectivity index (χ3v) is 2.26. The van der Waals surface area contributed by atoms with Gasteiger partial charge in [0.25, 0.3) is 0 Å². The molecule has 0 bridgehead atoms. The first-order valence-corrected chi connectivity index (χ1v) is 5.35. The summed E-state index contributed by atoms with van der Waals surface area (Å²) >= 11 is 5.85. The Hall–Kier alpha value is -1.55. The van der Waals surface area contributed by atoms with Crippen LogP contribution in [0.4, 0.5) is 0 Å². The zero-order valence-corrected chi connectivity index (χ0v) is 10.5. The Morgan fingerprint density at radius 1 is 1.24 bits per heavy atom. The molecule has 1 rings (SSSR count). The summed E-state index contributed by atoms with van der Waals surface area (Å²) < 4.78 is 5.12. The van der Waals surface area contributed by atoms with Crippen LogP contribution in [0.2, 0.25) is 5.02 Å². The number of carboxylic acids is 1. The highest BCUT2D eigenvalue weighted by atomic mass is 35.5. The summed E-state index contributed by atoms with van der Waals surface area (Å²) in [6, 6.07) is 4.22. The first-order chi connectivity index (χ1) is 7.72. The molecule has 0 heterocycles. The summed E-state index contributed by atoms with van der Waals surface area (Å²) in [5, 5.41) is 8.77. The molecule has 0 aliphatic rings. The standard InChI is InChI=1S/C12H13ClO4/c1-12(2,3)17-11(16)8-6-4-5-7(9(8)13)10(14)15/h4-6H,1-3H3,(H,14,15). The number of hydrogen-bond acceptors (Lipinski definition) is 3. The fourth-order valence-electron chi connectivity index (χ4n) is 1.19. The zero-order chi connectivity index (χ0) is 13.2. The van der Waals surface area contributed by atoms with Gasteiger partial charge in [-0.2, -0.15) is 0 Å². The van der Waals surface area contributed by atoms with Crippen molar-refractivity contribution in [1.29, 1.82) is 0 Å². The van der Waals surface area contributed by atoms with Gasteiger partial charge >= 0.3 is 11.9 Å². The summed E-state index contributed by atoms with van der Waals surface area (Å²) in [4.78, 5) is 22.6. The van der Waals surface area contributed by atoms with E-state index in [4.69, 9.17) is 21.4 Å². The average Bonchev–Trinajstić information content (AvgIpc) is 2.14. The Morgan fingerprint density at radius 2 is 1.76 bits per heavy atom. The molecular formula is C12H13ClO4. The van der Waals surface area contributed by atoms with Gasteiger partial charge in [0.1, 0.15) is 5.60 Å². The van der Waals surface area contributed by atoms with Crippen LogP contribution >= 0.6 is 11.6 Å². The van der Waals surface area contributed by atoms with Crippen LogP contribution in [0.25, 0.3) is 0 Å². The number of aromatic carboxylic acids is 1. The summed E-state index contributed by atoms with van der Waals surface area (Å²) in [6.07, 6.45) is 0. The number of carbonyl (C=O) groups excluding carboxylic acids is 1. The van der Waals surface area contributed by atoms with Crippen molar-refractivity contribution in [2.45, 2.75) is 26.4 Å². The van der Waals surface area contributed by atoms with Gasteiger partial charge in [0.2, 0.25) is 0 Å². The van der Waals surface area contributed by atoms with Crippen LogP contribution in [-0.4, -0.2) is 22.6 Å². The lowest BCUT2D eigenvalue weighted by Gasteiger charge is -2.20. The molecule has 1 N–H and O–H groups in total. The van der Waals surface area contributed by atoms with Gasteiger partial charge in [-0.15, -0.1) is 0 Å². The van der Waals surface area contributed by atoms with E-state index < -0.39 is 17.5 Å². The van der Waals surface area contributed by atoms with Crippen LogP contribution in [-0.2, 0) is 4.74 Å². The van der Waals surface area contributed by atoms with Crippen LogP contribution < -0.4 is 0 Å². The number of halogens is 1. The van der Waals surface area contributed by atoms with Crippen molar-refractivity contribution in [3.05, 3.63) is 34.3 Å². The highest BCUT2D eigenvalue weighted by molar-refractivity contribution is 6.36. The molecule has 5 heteroatoms. The molecule has 0 fully saturated rings. The quantitative estimate of drug-likeness (QED) is 0.826. The number of ether oxygens (including phenoxy) is 1. The Kier molecular flexibility index (Phi) is 3.78. The summed E-state index contributed by atoms with van der Waals surface area (Å²) in [6.45, 7) is 5.17. The molecule has 0 saturated carbocycles. The number of carboxylic acid groups (broad SMARTS) is 1. The normalized spacial score (nSPS) is 11.1. The molecule has 4 nitrogen and oxygen atoms in total. The maximum Gasteiger partial charge on any atom is 0.340 e. The summed E-state index contributed by atoms with van der Waals surface area (Å²) in [7, 11) is 0. The molecule has 1 aromatic carbocycles. The van der Waals surface area contributed by atoms with Gasteiger partial charge in [-0.1, -0.05) is 17.7 Å². The van der Waals surface area contributed by atoms with E-state index >= 15 is 0 Å². The van der Waals surface area contributed by atoms with Crippen LogP contribution in [0.15, 0.2) is 18.2 Å². The average molecular weight is 257 g/mol. The van der Waals surface area contributed by atoms with Crippen LogP contribution in [0.3, 0.4) is 0 Å². The second-order valence-corrected chi connectivity index (χ2v) is 4.85. The Bertz CT molecular complexity index is 460. The molecule has 92 valence electrons. The molecule has 0 amide bonds. The SMILES string of the molecule is CC(C)(C)OC(=O)c1cccc(C(=O)O)c1Cl. The maximum absolute atomic E-state index is 11.8. The second kappa shape index (κ2) is 4.75. The maximum atomic E-state index is 11.8. The number of rotatable bonds is 2. The van der Waals surface area contributed by atoms with Crippen molar-refractivity contribution in [1.82, 2.24) is 0 Å². The first kappa shape index (κ1) is 13.5. The minimum atomic E-state index is -1.18. The number of hydrogen-bond donors (Lipinski definition) is 1. The van der Waals surface area contributed by atoms with Crippen LogP contribution in [0.1, 0.15) is 41.5 Å². The molecule has 0 aliphatic carbocycles. The smallest absolute Gasteiger partial charge is 0.340 e. The van der Waals surface area contributed by atoms with Gasteiger partial charge < -0.3 is 9.84 Å². The van der Waals surface area contributed by atoms with Gasteiger partial charge in [0.05, 0.1) is 16.1 Å². The Balaban J connectivity index is 3.11. The van der Waals surface area contributed by atoms with E-state index in [0.717, 1.165) is 0 Å². The first-order valence-electron chi connectivity index (χ1n) is 4.97. The fourth-order valence-corrected chi connectivity index (χ4v) is 1.47. The van der Waals surface area contributed by atoms with Gasteiger partial charge in [-0.05, 0) is 32.9 Å². The van der Waals surface area contributed by atoms with Crippen LogP contribution in [0.5, 0.6) is 0 Å². The van der Waals surface area contributed by atoms with Crippen molar-refractivity contribution in [2.24, 2.45) is 0 Å². The van der Waals surface area contributed by atoms with Gasteiger partial charge in [-0.25, -0.2) is 9.59 Å². The van der Waals surface area contributed by atoms with E-state index in [9.17, 15) is 9.59 Å². The fraction of sp³-hybridized carbons (Fsp3) is 0.333. The summed E-state index contributed by atoms with van der Waals surface area (Å²) in [5.74, 6) is -1.81. The lowest BCUT2D eigenvalue weighted by molar-refractivity contribution is 0.00697. The van der Waals surface area contributed by atoms with Crippen molar-refractivity contribution < 1.29 is 19.4 Å². The summed E-state index contributed by atoms with van der Waals surface area (Å²) in [5.41, 5.74) is -0.712. The highest BCUT2D eigenvalue weighted by Crippen LogP contribution is 2.23. The van der Waals surface area contributed by atoms with Crippen molar-refractivity contribution in [2.75, 3.05) is 0 Å². The molecule has 0 unspecified atom stereocenters. The largest absolute Gasteiger partial charge is 0.478 e. The molecule has 1 aromatic rings. The van der Waals surface area contributed by atoms with E-state index in [1.54, 1.807) is 20.8 Å². The number of esters is 1. The van der Waals surface area contributed by atoms with Gasteiger partial charge in [0, 0.05) is 0 Å². The monoisotopic (exact) mass is 256 g/mol. The van der Waals surface area contributed by atoms with Crippen LogP contribution in [0, 0.1) is 0 Å². The number of benzene rings is 1. The minimum Gasteiger partial charge on any atom is -0.478 e. The molecule has 0 atom stereocenters. The van der Waals surface area contributed by atoms with E-state index in [2.05, 4.69) is 0 Å². The Morgan fingerprint density at radius 3 is 2.24 bits per heavy atom. The molecule has 0 aromatic heterocycles. The lowest BCUT2D eigenvalue weighted by Crippen LogP contribution is -2.24. The topological polar surface area (TPSA) is 63.6 Å². The zero-order valence-electron chi connectivity index (χ0n) is 9.78. The molecule has 0 aliphatic heterocycles. The molecule has 0 radical (unpaired) electrons. The minimum absolute atomic E-state index is 0.0569. The molecule has 0 spiro atoms. The third kappa shape index (κ3) is 3.46. The second-order valence-electron chi connectivity index (χ2n) is 4.47. The van der Waals surface area contributed by atoms with E-state index in [0.29, 0.717) is 0 Å². The van der Waals surface area contributed by atoms with Crippen molar-refractivity contribution in [3.63, 3.8) is 0 Å². The predicted molar refractivity (Wildman–Crippen MR) is 63.6 cm³/mol. The van der Waals surface area contributed by atoms with E-state index in [-0.39, 0.29) is 16.1 Å². The molecule has 17 heavy (non-hydrogen) atoms. The van der Waals surface area contributed by atoms with Gasteiger partial charge in [-0.3, -0.25) is 0 Å². The Labute approximate surface area is 104 Å². The van der Waals surface area contributed by atoms with Crippen molar-refractivity contribution >= 4 is 23.5 Å². The molecule has 0 saturated heterocycles. The van der Waals surface area contributed by atoms with E-state index in [1.165, 1.54) is 18.2 Å². The van der Waals surface area contributed by atoms with Crippen molar-refractivity contribution in [3.8, 4) is 0 Å². The number of carbonyl (C=O) groups is 2. The molecular weight excluding hydrogens is 244 g/mol. The predicted octanol–water partition coefficient (Wildman–Crippen LogP) is 2.99. The third-order valence-electron chi connectivity index (χ3n) is 1.85. The van der Waals surface area contributed by atoms with Gasteiger partial charge in [0.15, 0.2) is 0 Å².